The first-order valence-electron chi connectivity index (χ1n) is 9.16. The van der Waals surface area contributed by atoms with Crippen molar-refractivity contribution in [1.29, 1.82) is 0 Å². The number of aromatic nitrogens is 1. The predicted molar refractivity (Wildman–Crippen MR) is 112 cm³/mol. The van der Waals surface area contributed by atoms with E-state index in [-0.39, 0.29) is 17.6 Å². The number of carbonyl (C=O) groups excluding carboxylic acids is 3. The second-order valence-electron chi connectivity index (χ2n) is 6.78. The first-order chi connectivity index (χ1) is 14.0. The smallest absolute Gasteiger partial charge is 0.356 e. The summed E-state index contributed by atoms with van der Waals surface area (Å²) in [6, 6.07) is 14.3. The van der Waals surface area contributed by atoms with Crippen molar-refractivity contribution in [2.75, 3.05) is 11.9 Å². The molecule has 0 radical (unpaired) electrons. The largest absolute Gasteiger partial charge is 0.451 e. The van der Waals surface area contributed by atoms with Crippen LogP contribution in [0.15, 0.2) is 53.0 Å². The third-order valence-corrected chi connectivity index (χ3v) is 5.36. The molecule has 1 aliphatic carbocycles. The van der Waals surface area contributed by atoms with Crippen molar-refractivity contribution in [2.24, 2.45) is 0 Å². The Kier molecular flexibility index (Phi) is 5.35. The van der Waals surface area contributed by atoms with E-state index in [2.05, 4.69) is 31.5 Å². The summed E-state index contributed by atoms with van der Waals surface area (Å²) in [6.45, 7) is -0.473. The fourth-order valence-corrected chi connectivity index (χ4v) is 3.53. The minimum atomic E-state index is -0.650. The quantitative estimate of drug-likeness (QED) is 0.494. The number of rotatable bonds is 6. The molecule has 2 aromatic carbocycles. The number of anilines is 1. The van der Waals surface area contributed by atoms with Crippen LogP contribution in [0.4, 0.5) is 5.69 Å². The molecular weight excluding hydrogens is 438 g/mol. The fourth-order valence-electron chi connectivity index (χ4n) is 2.92. The van der Waals surface area contributed by atoms with E-state index in [0.717, 1.165) is 23.7 Å². The lowest BCUT2D eigenvalue weighted by molar-refractivity contribution is -0.119. The van der Waals surface area contributed by atoms with Gasteiger partial charge in [-0.05, 0) is 47.0 Å². The minimum Gasteiger partial charge on any atom is -0.451 e. The van der Waals surface area contributed by atoms with Crippen LogP contribution in [-0.4, -0.2) is 35.4 Å². The molecule has 0 unspecified atom stereocenters. The highest BCUT2D eigenvalue weighted by atomic mass is 79.9. The van der Waals surface area contributed by atoms with E-state index in [1.54, 1.807) is 24.3 Å². The maximum absolute atomic E-state index is 12.4. The van der Waals surface area contributed by atoms with Crippen LogP contribution in [0.25, 0.3) is 10.9 Å². The van der Waals surface area contributed by atoms with Crippen molar-refractivity contribution < 1.29 is 19.1 Å². The SMILES string of the molecule is O=C(COC(=O)c1[nH]c2ccccc2c1Br)Nc1ccccc1C(=O)NC1CC1. The van der Waals surface area contributed by atoms with Gasteiger partial charge >= 0.3 is 5.97 Å². The predicted octanol–water partition coefficient (Wildman–Crippen LogP) is 3.62. The molecule has 1 aromatic heterocycles. The molecule has 0 aliphatic heterocycles. The number of fused-ring (bicyclic) bond motifs is 1. The van der Waals surface area contributed by atoms with Gasteiger partial charge in [0.25, 0.3) is 11.8 Å². The van der Waals surface area contributed by atoms with Crippen LogP contribution in [0.5, 0.6) is 0 Å². The molecular formula is C21H18BrN3O4. The number of para-hydroxylation sites is 2. The molecule has 3 N–H and O–H groups in total. The molecule has 1 heterocycles. The Hall–Kier alpha value is -3.13. The summed E-state index contributed by atoms with van der Waals surface area (Å²) >= 11 is 3.39. The van der Waals surface area contributed by atoms with Gasteiger partial charge in [-0.2, -0.15) is 0 Å². The molecule has 0 bridgehead atoms. The summed E-state index contributed by atoms with van der Waals surface area (Å²) in [5, 5.41) is 6.37. The number of halogens is 1. The number of hydrogen-bond donors (Lipinski definition) is 3. The van der Waals surface area contributed by atoms with Gasteiger partial charge in [0.2, 0.25) is 0 Å². The summed E-state index contributed by atoms with van der Waals surface area (Å²) in [5.74, 6) is -1.41. The monoisotopic (exact) mass is 455 g/mol. The fraction of sp³-hybridized carbons (Fsp3) is 0.190. The van der Waals surface area contributed by atoms with Crippen LogP contribution < -0.4 is 10.6 Å². The minimum absolute atomic E-state index is 0.210. The molecule has 2 amide bonds. The number of aromatic amines is 1. The van der Waals surface area contributed by atoms with Crippen molar-refractivity contribution >= 4 is 50.3 Å². The van der Waals surface area contributed by atoms with Crippen molar-refractivity contribution in [1.82, 2.24) is 10.3 Å². The zero-order chi connectivity index (χ0) is 20.4. The molecule has 148 valence electrons. The van der Waals surface area contributed by atoms with E-state index in [0.29, 0.717) is 15.7 Å². The van der Waals surface area contributed by atoms with E-state index in [9.17, 15) is 14.4 Å². The summed E-state index contributed by atoms with van der Waals surface area (Å²) < 4.78 is 5.72. The van der Waals surface area contributed by atoms with Crippen LogP contribution in [0.1, 0.15) is 33.7 Å². The average molecular weight is 456 g/mol. The van der Waals surface area contributed by atoms with Gasteiger partial charge in [-0.1, -0.05) is 30.3 Å². The standard InChI is InChI=1S/C21H18BrN3O4/c22-18-13-5-1-3-7-15(13)25-19(18)21(28)29-11-17(26)24-16-8-4-2-6-14(16)20(27)23-12-9-10-12/h1-8,12,25H,9-11H2,(H,23,27)(H,24,26). The van der Waals surface area contributed by atoms with E-state index >= 15 is 0 Å². The van der Waals surface area contributed by atoms with Crippen molar-refractivity contribution in [3.8, 4) is 0 Å². The molecule has 7 nitrogen and oxygen atoms in total. The zero-order valence-electron chi connectivity index (χ0n) is 15.3. The zero-order valence-corrected chi connectivity index (χ0v) is 16.9. The third kappa shape index (κ3) is 4.32. The van der Waals surface area contributed by atoms with Crippen molar-refractivity contribution in [3.63, 3.8) is 0 Å². The Morgan fingerprint density at radius 3 is 2.55 bits per heavy atom. The summed E-state index contributed by atoms with van der Waals surface area (Å²) in [4.78, 5) is 39.9. The van der Waals surface area contributed by atoms with Crippen molar-refractivity contribution in [3.05, 3.63) is 64.3 Å². The average Bonchev–Trinajstić information content (AvgIpc) is 3.48. The van der Waals surface area contributed by atoms with Gasteiger partial charge in [0, 0.05) is 16.9 Å². The maximum Gasteiger partial charge on any atom is 0.356 e. The third-order valence-electron chi connectivity index (χ3n) is 4.54. The van der Waals surface area contributed by atoms with Gasteiger partial charge in [-0.3, -0.25) is 9.59 Å². The molecule has 8 heteroatoms. The number of nitrogens with one attached hydrogen (secondary N) is 3. The molecule has 1 aliphatic rings. The first-order valence-corrected chi connectivity index (χ1v) is 9.95. The number of carbonyl (C=O) groups is 3. The Morgan fingerprint density at radius 1 is 1.07 bits per heavy atom. The second kappa shape index (κ2) is 8.08. The van der Waals surface area contributed by atoms with Gasteiger partial charge in [0.15, 0.2) is 6.61 Å². The molecule has 3 aromatic rings. The Balaban J connectivity index is 1.39. The van der Waals surface area contributed by atoms with Crippen LogP contribution in [-0.2, 0) is 9.53 Å². The number of H-pyrrole nitrogens is 1. The molecule has 1 fully saturated rings. The topological polar surface area (TPSA) is 100 Å². The van der Waals surface area contributed by atoms with Crippen molar-refractivity contribution in [2.45, 2.75) is 18.9 Å². The lowest BCUT2D eigenvalue weighted by Crippen LogP contribution is -2.28. The number of ether oxygens (including phenoxy) is 1. The number of hydrogen-bond acceptors (Lipinski definition) is 4. The molecule has 1 saturated carbocycles. The highest BCUT2D eigenvalue weighted by Gasteiger charge is 2.25. The van der Waals surface area contributed by atoms with E-state index in [1.807, 2.05) is 24.3 Å². The number of amides is 2. The van der Waals surface area contributed by atoms with Crippen LogP contribution in [0.3, 0.4) is 0 Å². The number of benzene rings is 2. The second-order valence-corrected chi connectivity index (χ2v) is 7.57. The Labute approximate surface area is 174 Å². The molecule has 0 spiro atoms. The lowest BCUT2D eigenvalue weighted by Gasteiger charge is -2.11. The van der Waals surface area contributed by atoms with E-state index < -0.39 is 18.5 Å². The molecule has 29 heavy (non-hydrogen) atoms. The molecule has 0 atom stereocenters. The van der Waals surface area contributed by atoms with Gasteiger partial charge in [-0.25, -0.2) is 4.79 Å². The highest BCUT2D eigenvalue weighted by Crippen LogP contribution is 2.28. The van der Waals surface area contributed by atoms with Crippen LogP contribution in [0.2, 0.25) is 0 Å². The summed E-state index contributed by atoms with van der Waals surface area (Å²) in [5.41, 5.74) is 1.77. The van der Waals surface area contributed by atoms with Crippen LogP contribution >= 0.6 is 15.9 Å². The van der Waals surface area contributed by atoms with E-state index in [4.69, 9.17) is 4.74 Å². The summed E-state index contributed by atoms with van der Waals surface area (Å²) in [6.07, 6.45) is 1.94. The first kappa shape index (κ1) is 19.2. The van der Waals surface area contributed by atoms with Gasteiger partial charge in [0.05, 0.1) is 15.7 Å². The highest BCUT2D eigenvalue weighted by molar-refractivity contribution is 9.10. The Bertz CT molecular complexity index is 1100. The van der Waals surface area contributed by atoms with E-state index in [1.165, 1.54) is 0 Å². The Morgan fingerprint density at radius 2 is 1.79 bits per heavy atom. The summed E-state index contributed by atoms with van der Waals surface area (Å²) in [7, 11) is 0. The molecule has 0 saturated heterocycles. The lowest BCUT2D eigenvalue weighted by atomic mass is 10.1. The van der Waals surface area contributed by atoms with Gasteiger partial charge < -0.3 is 20.4 Å². The maximum atomic E-state index is 12.4. The van der Waals surface area contributed by atoms with Gasteiger partial charge in [-0.15, -0.1) is 0 Å². The van der Waals surface area contributed by atoms with Gasteiger partial charge in [0.1, 0.15) is 5.69 Å². The normalized spacial score (nSPS) is 13.1. The van der Waals surface area contributed by atoms with Crippen LogP contribution in [0, 0.1) is 0 Å². The number of esters is 1. The molecule has 4 rings (SSSR count).